The van der Waals surface area contributed by atoms with Gasteiger partial charge in [0, 0.05) is 24.7 Å². The number of ether oxygens (including phenoxy) is 1. The van der Waals surface area contributed by atoms with Gasteiger partial charge in [-0.05, 0) is 37.5 Å². The number of rotatable bonds is 4. The van der Waals surface area contributed by atoms with Crippen LogP contribution in [0.3, 0.4) is 0 Å². The van der Waals surface area contributed by atoms with Crippen molar-refractivity contribution in [3.05, 3.63) is 34.3 Å². The molecule has 2 atom stereocenters. The number of urea groups is 1. The molecule has 1 fully saturated rings. The van der Waals surface area contributed by atoms with E-state index >= 15 is 0 Å². The van der Waals surface area contributed by atoms with E-state index < -0.39 is 0 Å². The fourth-order valence-corrected chi connectivity index (χ4v) is 2.59. The van der Waals surface area contributed by atoms with Gasteiger partial charge >= 0.3 is 6.03 Å². The molecule has 0 aromatic heterocycles. The second-order valence-electron chi connectivity index (χ2n) is 5.27. The zero-order chi connectivity index (χ0) is 14.5. The largest absolute Gasteiger partial charge is 0.376 e. The van der Waals surface area contributed by atoms with Gasteiger partial charge in [-0.2, -0.15) is 0 Å². The first-order chi connectivity index (χ1) is 9.56. The van der Waals surface area contributed by atoms with Crippen molar-refractivity contribution in [1.29, 1.82) is 0 Å². The summed E-state index contributed by atoms with van der Waals surface area (Å²) in [5, 5.41) is 3.01. The molecule has 4 nitrogen and oxygen atoms in total. The number of halogens is 1. The molecule has 110 valence electrons. The van der Waals surface area contributed by atoms with Crippen molar-refractivity contribution in [3.8, 4) is 0 Å². The molecule has 1 aromatic rings. The highest BCUT2D eigenvalue weighted by molar-refractivity contribution is 9.10. The van der Waals surface area contributed by atoms with Crippen LogP contribution in [-0.4, -0.2) is 36.7 Å². The lowest BCUT2D eigenvalue weighted by atomic mass is 10.1. The molecule has 0 radical (unpaired) electrons. The molecule has 1 heterocycles. The third-order valence-electron chi connectivity index (χ3n) is 3.55. The summed E-state index contributed by atoms with van der Waals surface area (Å²) < 4.78 is 6.63. The van der Waals surface area contributed by atoms with Gasteiger partial charge in [-0.3, -0.25) is 0 Å². The predicted octanol–water partition coefficient (Wildman–Crippen LogP) is 3.16. The highest BCUT2D eigenvalue weighted by atomic mass is 79.9. The minimum Gasteiger partial charge on any atom is -0.376 e. The number of nitrogens with one attached hydrogen (secondary N) is 1. The van der Waals surface area contributed by atoms with Crippen molar-refractivity contribution in [2.75, 3.05) is 13.7 Å². The van der Waals surface area contributed by atoms with Crippen LogP contribution in [0.5, 0.6) is 0 Å². The Balaban J connectivity index is 1.83. The van der Waals surface area contributed by atoms with Crippen LogP contribution >= 0.6 is 15.9 Å². The third-order valence-corrected chi connectivity index (χ3v) is 4.08. The monoisotopic (exact) mass is 340 g/mol. The number of amides is 2. The van der Waals surface area contributed by atoms with Crippen molar-refractivity contribution >= 4 is 22.0 Å². The molecule has 1 aromatic carbocycles. The van der Waals surface area contributed by atoms with Crippen LogP contribution in [0.2, 0.25) is 0 Å². The van der Waals surface area contributed by atoms with Crippen LogP contribution in [-0.2, 0) is 11.3 Å². The van der Waals surface area contributed by atoms with Gasteiger partial charge in [0.2, 0.25) is 0 Å². The van der Waals surface area contributed by atoms with E-state index in [2.05, 4.69) is 21.2 Å². The van der Waals surface area contributed by atoms with E-state index in [9.17, 15) is 4.79 Å². The molecule has 0 aliphatic carbocycles. The van der Waals surface area contributed by atoms with Gasteiger partial charge in [0.25, 0.3) is 0 Å². The summed E-state index contributed by atoms with van der Waals surface area (Å²) in [6.07, 6.45) is 2.26. The molecular formula is C15H21BrN2O2. The van der Waals surface area contributed by atoms with Crippen LogP contribution in [0, 0.1) is 0 Å². The number of carbonyl (C=O) groups excluding carboxylic acids is 1. The number of hydrogen-bond acceptors (Lipinski definition) is 2. The fourth-order valence-electron chi connectivity index (χ4n) is 2.33. The van der Waals surface area contributed by atoms with Crippen LogP contribution in [0.1, 0.15) is 25.3 Å². The van der Waals surface area contributed by atoms with Crippen molar-refractivity contribution < 1.29 is 9.53 Å². The maximum atomic E-state index is 12.1. The highest BCUT2D eigenvalue weighted by Crippen LogP contribution is 2.16. The molecule has 0 spiro atoms. The predicted molar refractivity (Wildman–Crippen MR) is 82.6 cm³/mol. The quantitative estimate of drug-likeness (QED) is 0.914. The van der Waals surface area contributed by atoms with Crippen LogP contribution in [0.25, 0.3) is 0 Å². The summed E-state index contributed by atoms with van der Waals surface area (Å²) in [4.78, 5) is 13.8. The Labute approximate surface area is 128 Å². The summed E-state index contributed by atoms with van der Waals surface area (Å²) >= 11 is 3.40. The molecule has 0 bridgehead atoms. The number of nitrogens with zero attached hydrogens (tertiary/aromatic N) is 1. The van der Waals surface area contributed by atoms with E-state index in [1.165, 1.54) is 0 Å². The molecule has 1 aliphatic rings. The maximum absolute atomic E-state index is 12.1. The lowest BCUT2D eigenvalue weighted by Gasteiger charge is -2.24. The second kappa shape index (κ2) is 7.09. The first kappa shape index (κ1) is 15.3. The van der Waals surface area contributed by atoms with Gasteiger partial charge in [0.15, 0.2) is 0 Å². The molecular weight excluding hydrogens is 320 g/mol. The van der Waals surface area contributed by atoms with E-state index in [0.717, 1.165) is 29.5 Å². The molecule has 1 aliphatic heterocycles. The van der Waals surface area contributed by atoms with Gasteiger partial charge in [0.05, 0.1) is 12.1 Å². The molecule has 2 amide bonds. The van der Waals surface area contributed by atoms with Gasteiger partial charge in [0.1, 0.15) is 0 Å². The van der Waals surface area contributed by atoms with Gasteiger partial charge < -0.3 is 15.0 Å². The SMILES string of the molecule is CC(NC(=O)N(C)Cc1ccc(Br)cc1)C1CCCO1. The maximum Gasteiger partial charge on any atom is 0.317 e. The average molecular weight is 341 g/mol. The standard InChI is InChI=1S/C15H21BrN2O2/c1-11(14-4-3-9-20-14)17-15(19)18(2)10-12-5-7-13(16)8-6-12/h5-8,11,14H,3-4,9-10H2,1-2H3,(H,17,19). The van der Waals surface area contributed by atoms with Crippen molar-refractivity contribution in [1.82, 2.24) is 10.2 Å². The molecule has 1 saturated heterocycles. The average Bonchev–Trinajstić information content (AvgIpc) is 2.95. The van der Waals surface area contributed by atoms with Crippen molar-refractivity contribution in [3.63, 3.8) is 0 Å². The van der Waals surface area contributed by atoms with E-state index in [1.807, 2.05) is 31.2 Å². The minimum atomic E-state index is -0.0593. The summed E-state index contributed by atoms with van der Waals surface area (Å²) in [7, 11) is 1.81. The van der Waals surface area contributed by atoms with Crippen molar-refractivity contribution in [2.45, 2.75) is 38.5 Å². The van der Waals surface area contributed by atoms with Gasteiger partial charge in [-0.1, -0.05) is 28.1 Å². The minimum absolute atomic E-state index is 0.0531. The highest BCUT2D eigenvalue weighted by Gasteiger charge is 2.24. The Bertz CT molecular complexity index is 444. The molecule has 2 rings (SSSR count). The fraction of sp³-hybridized carbons (Fsp3) is 0.533. The molecule has 0 saturated carbocycles. The first-order valence-electron chi connectivity index (χ1n) is 6.94. The summed E-state index contributed by atoms with van der Waals surface area (Å²) in [6, 6.07) is 7.98. The third kappa shape index (κ3) is 4.21. The van der Waals surface area contributed by atoms with E-state index in [1.54, 1.807) is 11.9 Å². The van der Waals surface area contributed by atoms with Gasteiger partial charge in [-0.25, -0.2) is 4.79 Å². The Morgan fingerprint density at radius 3 is 2.80 bits per heavy atom. The molecule has 20 heavy (non-hydrogen) atoms. The van der Waals surface area contributed by atoms with E-state index in [-0.39, 0.29) is 18.2 Å². The molecule has 5 heteroatoms. The van der Waals surface area contributed by atoms with Crippen LogP contribution in [0.4, 0.5) is 4.79 Å². The molecule has 2 unspecified atom stereocenters. The number of benzene rings is 1. The zero-order valence-corrected chi connectivity index (χ0v) is 13.5. The number of carbonyl (C=O) groups is 1. The normalized spacial score (nSPS) is 19.6. The van der Waals surface area contributed by atoms with Gasteiger partial charge in [-0.15, -0.1) is 0 Å². The van der Waals surface area contributed by atoms with Crippen LogP contribution in [0.15, 0.2) is 28.7 Å². The Morgan fingerprint density at radius 1 is 1.50 bits per heavy atom. The summed E-state index contributed by atoms with van der Waals surface area (Å²) in [5.41, 5.74) is 1.11. The Hall–Kier alpha value is -1.07. The van der Waals surface area contributed by atoms with E-state index in [4.69, 9.17) is 4.74 Å². The van der Waals surface area contributed by atoms with Crippen molar-refractivity contribution in [2.24, 2.45) is 0 Å². The smallest absolute Gasteiger partial charge is 0.317 e. The Morgan fingerprint density at radius 2 is 2.20 bits per heavy atom. The summed E-state index contributed by atoms with van der Waals surface area (Å²) in [5.74, 6) is 0. The lowest BCUT2D eigenvalue weighted by Crippen LogP contribution is -2.46. The topological polar surface area (TPSA) is 41.6 Å². The number of hydrogen-bond donors (Lipinski definition) is 1. The zero-order valence-electron chi connectivity index (χ0n) is 11.9. The molecule has 1 N–H and O–H groups in total. The van der Waals surface area contributed by atoms with E-state index in [0.29, 0.717) is 6.54 Å². The summed E-state index contributed by atoms with van der Waals surface area (Å²) in [6.45, 7) is 3.40. The van der Waals surface area contributed by atoms with Crippen LogP contribution < -0.4 is 5.32 Å². The second-order valence-corrected chi connectivity index (χ2v) is 6.19. The first-order valence-corrected chi connectivity index (χ1v) is 7.73. The Kier molecular flexibility index (Phi) is 5.43. The lowest BCUT2D eigenvalue weighted by molar-refractivity contribution is 0.0838.